The minimum Gasteiger partial charge on any atom is -0.494 e. The Balaban J connectivity index is 1.91. The van der Waals surface area contributed by atoms with E-state index in [1.807, 2.05) is 35.8 Å². The van der Waals surface area contributed by atoms with Crippen molar-refractivity contribution in [3.05, 3.63) is 58.3 Å². The van der Waals surface area contributed by atoms with Gasteiger partial charge in [-0.3, -0.25) is 4.79 Å². The first-order chi connectivity index (χ1) is 14.0. The van der Waals surface area contributed by atoms with Crippen LogP contribution in [0.1, 0.15) is 70.9 Å². The number of nitrogens with zero attached hydrogens (tertiary/aromatic N) is 1. The number of ketones is 1. The second kappa shape index (κ2) is 7.74. The molecule has 1 N–H and O–H groups in total. The number of benzene rings is 1. The minimum absolute atomic E-state index is 0.0298. The second-order valence-corrected chi connectivity index (χ2v) is 7.69. The molecule has 4 rings (SSSR count). The quantitative estimate of drug-likeness (QED) is 0.595. The summed E-state index contributed by atoms with van der Waals surface area (Å²) in [5, 5.41) is 11.1. The highest BCUT2D eigenvalue weighted by Gasteiger charge is 2.30. The second-order valence-electron chi connectivity index (χ2n) is 7.69. The average molecular weight is 391 g/mol. The molecule has 1 aromatic carbocycles. The van der Waals surface area contributed by atoms with E-state index in [0.717, 1.165) is 36.8 Å². The number of allylic oxidation sites excluding steroid dienone is 2. The number of aromatic hydroxyl groups is 1. The van der Waals surface area contributed by atoms with Gasteiger partial charge in [0.15, 0.2) is 11.7 Å². The molecule has 0 aliphatic heterocycles. The molecule has 0 spiro atoms. The Morgan fingerprint density at radius 1 is 1.17 bits per heavy atom. The number of rotatable bonds is 3. The van der Waals surface area contributed by atoms with Gasteiger partial charge in [-0.1, -0.05) is 49.6 Å². The smallest absolute Gasteiger partial charge is 0.340 e. The van der Waals surface area contributed by atoms with E-state index in [1.165, 1.54) is 19.6 Å². The lowest BCUT2D eigenvalue weighted by molar-refractivity contribution is -0.109. The molecular weight excluding hydrogens is 366 g/mol. The van der Waals surface area contributed by atoms with Gasteiger partial charge >= 0.3 is 5.97 Å². The van der Waals surface area contributed by atoms with Gasteiger partial charge in [0.25, 0.3) is 0 Å². The van der Waals surface area contributed by atoms with Crippen LogP contribution in [0.5, 0.6) is 5.88 Å². The van der Waals surface area contributed by atoms with Crippen molar-refractivity contribution in [1.29, 1.82) is 0 Å². The maximum atomic E-state index is 12.7. The van der Waals surface area contributed by atoms with E-state index in [4.69, 9.17) is 4.74 Å². The fourth-order valence-corrected chi connectivity index (χ4v) is 4.57. The maximum Gasteiger partial charge on any atom is 0.340 e. The predicted octanol–water partition coefficient (Wildman–Crippen LogP) is 4.93. The molecule has 0 radical (unpaired) electrons. The third-order valence-corrected chi connectivity index (χ3v) is 6.01. The lowest BCUT2D eigenvalue weighted by Crippen LogP contribution is -2.14. The highest BCUT2D eigenvalue weighted by molar-refractivity contribution is 6.33. The van der Waals surface area contributed by atoms with Gasteiger partial charge in [-0.05, 0) is 43.0 Å². The molecule has 29 heavy (non-hydrogen) atoms. The van der Waals surface area contributed by atoms with Crippen LogP contribution in [0.3, 0.4) is 0 Å². The van der Waals surface area contributed by atoms with E-state index in [0.29, 0.717) is 22.4 Å². The van der Waals surface area contributed by atoms with Crippen LogP contribution >= 0.6 is 0 Å². The Morgan fingerprint density at radius 2 is 1.90 bits per heavy atom. The molecule has 5 heteroatoms. The molecule has 0 amide bonds. The molecule has 2 aliphatic rings. The molecule has 2 aliphatic carbocycles. The van der Waals surface area contributed by atoms with E-state index in [2.05, 4.69) is 0 Å². The van der Waals surface area contributed by atoms with Crippen LogP contribution < -0.4 is 0 Å². The van der Waals surface area contributed by atoms with E-state index < -0.39 is 5.97 Å². The van der Waals surface area contributed by atoms with Gasteiger partial charge in [-0.15, -0.1) is 0 Å². The zero-order valence-electron chi connectivity index (χ0n) is 16.8. The zero-order chi connectivity index (χ0) is 20.5. The maximum absolute atomic E-state index is 12.7. The van der Waals surface area contributed by atoms with Gasteiger partial charge in [-0.25, -0.2) is 4.79 Å². The van der Waals surface area contributed by atoms with Crippen molar-refractivity contribution in [1.82, 2.24) is 4.57 Å². The van der Waals surface area contributed by atoms with E-state index in [-0.39, 0.29) is 17.7 Å². The van der Waals surface area contributed by atoms with Crippen LogP contribution in [0.2, 0.25) is 0 Å². The predicted molar refractivity (Wildman–Crippen MR) is 113 cm³/mol. The fraction of sp³-hybridized carbons (Fsp3) is 0.333. The van der Waals surface area contributed by atoms with E-state index in [1.54, 1.807) is 12.2 Å². The first-order valence-electron chi connectivity index (χ1n) is 10.1. The summed E-state index contributed by atoms with van der Waals surface area (Å²) in [7, 11) is 1.33. The summed E-state index contributed by atoms with van der Waals surface area (Å²) in [5.74, 6) is -0.629. The Labute approximate surface area is 170 Å². The van der Waals surface area contributed by atoms with Gasteiger partial charge in [0.05, 0.1) is 18.2 Å². The summed E-state index contributed by atoms with van der Waals surface area (Å²) >= 11 is 0. The molecule has 1 aromatic heterocycles. The molecule has 1 heterocycles. The first-order valence-corrected chi connectivity index (χ1v) is 10.1. The SMILES string of the molecule is COC(=O)c1c(C=C2C(=O)C=Cc3ccccc32)c(O)n(C2CCCCC2)c1C. The van der Waals surface area contributed by atoms with Crippen LogP contribution in [0.4, 0.5) is 0 Å². The Bertz CT molecular complexity index is 1040. The van der Waals surface area contributed by atoms with Crippen LogP contribution in [-0.2, 0) is 9.53 Å². The minimum atomic E-state index is -0.508. The highest BCUT2D eigenvalue weighted by Crippen LogP contribution is 2.40. The lowest BCUT2D eigenvalue weighted by Gasteiger charge is -2.25. The number of carbonyl (C=O) groups excluding carboxylic acids is 2. The van der Waals surface area contributed by atoms with Crippen molar-refractivity contribution in [2.75, 3.05) is 7.11 Å². The number of aromatic nitrogens is 1. The molecular formula is C24H25NO4. The summed E-state index contributed by atoms with van der Waals surface area (Å²) in [5.41, 5.74) is 3.54. The molecule has 1 saturated carbocycles. The van der Waals surface area contributed by atoms with Crippen molar-refractivity contribution in [2.24, 2.45) is 0 Å². The normalized spacial score (nSPS) is 18.1. The number of fused-ring (bicyclic) bond motifs is 1. The molecule has 5 nitrogen and oxygen atoms in total. The van der Waals surface area contributed by atoms with Gasteiger partial charge in [0.1, 0.15) is 0 Å². The molecule has 0 atom stereocenters. The molecule has 0 bridgehead atoms. The number of ether oxygens (including phenoxy) is 1. The number of esters is 1. The lowest BCUT2D eigenvalue weighted by atomic mass is 9.90. The standard InChI is InChI=1S/C24H25NO4/c1-15-22(24(28)29-2)20(23(27)25(15)17-9-4-3-5-10-17)14-19-18-11-7-6-8-16(18)12-13-21(19)26/h6-8,11-14,17,27H,3-5,9-10H2,1-2H3. The number of hydrogen-bond donors (Lipinski definition) is 1. The Hall–Kier alpha value is -3.08. The number of hydrogen-bond acceptors (Lipinski definition) is 4. The first kappa shape index (κ1) is 19.2. The summed E-state index contributed by atoms with van der Waals surface area (Å²) in [6, 6.07) is 7.75. The molecule has 2 aromatic rings. The van der Waals surface area contributed by atoms with Crippen molar-refractivity contribution in [3.8, 4) is 5.88 Å². The van der Waals surface area contributed by atoms with Crippen LogP contribution in [0, 0.1) is 6.92 Å². The van der Waals surface area contributed by atoms with E-state index >= 15 is 0 Å². The Morgan fingerprint density at radius 3 is 2.62 bits per heavy atom. The third-order valence-electron chi connectivity index (χ3n) is 6.01. The van der Waals surface area contributed by atoms with Gasteiger partial charge in [-0.2, -0.15) is 0 Å². The zero-order valence-corrected chi connectivity index (χ0v) is 16.8. The van der Waals surface area contributed by atoms with Crippen LogP contribution in [0.15, 0.2) is 30.3 Å². The molecule has 150 valence electrons. The van der Waals surface area contributed by atoms with Gasteiger partial charge in [0.2, 0.25) is 0 Å². The Kier molecular flexibility index (Phi) is 5.14. The number of carbonyl (C=O) groups is 2. The van der Waals surface area contributed by atoms with Crippen LogP contribution in [-0.4, -0.2) is 28.5 Å². The summed E-state index contributed by atoms with van der Waals surface area (Å²) < 4.78 is 6.86. The fourth-order valence-electron chi connectivity index (χ4n) is 4.57. The van der Waals surface area contributed by atoms with Crippen molar-refractivity contribution in [2.45, 2.75) is 45.1 Å². The van der Waals surface area contributed by atoms with Crippen molar-refractivity contribution >= 4 is 29.5 Å². The van der Waals surface area contributed by atoms with E-state index in [9.17, 15) is 14.7 Å². The van der Waals surface area contributed by atoms with Gasteiger partial charge in [0, 0.05) is 17.3 Å². The average Bonchev–Trinajstić information content (AvgIpc) is 2.99. The summed E-state index contributed by atoms with van der Waals surface area (Å²) in [4.78, 5) is 25.3. The van der Waals surface area contributed by atoms with Gasteiger partial charge < -0.3 is 14.4 Å². The summed E-state index contributed by atoms with van der Waals surface area (Å²) in [6.07, 6.45) is 10.3. The largest absolute Gasteiger partial charge is 0.494 e. The van der Waals surface area contributed by atoms with Crippen molar-refractivity contribution < 1.29 is 19.4 Å². The highest BCUT2D eigenvalue weighted by atomic mass is 16.5. The van der Waals surface area contributed by atoms with Crippen molar-refractivity contribution in [3.63, 3.8) is 0 Å². The summed E-state index contributed by atoms with van der Waals surface area (Å²) in [6.45, 7) is 1.83. The number of methoxy groups -OCH3 is 1. The van der Waals surface area contributed by atoms with Crippen LogP contribution in [0.25, 0.3) is 17.7 Å². The molecule has 1 fully saturated rings. The molecule has 0 unspecified atom stereocenters. The monoisotopic (exact) mass is 391 g/mol. The molecule has 0 saturated heterocycles. The third kappa shape index (κ3) is 3.31. The topological polar surface area (TPSA) is 68.5 Å².